The van der Waals surface area contributed by atoms with Gasteiger partial charge in [-0.15, -0.1) is 0 Å². The van der Waals surface area contributed by atoms with E-state index in [0.717, 1.165) is 0 Å². The van der Waals surface area contributed by atoms with Crippen LogP contribution in [0.2, 0.25) is 0 Å². The van der Waals surface area contributed by atoms with Crippen LogP contribution in [0.5, 0.6) is 0 Å². The van der Waals surface area contributed by atoms with E-state index in [1.165, 1.54) is 6.07 Å². The summed E-state index contributed by atoms with van der Waals surface area (Å²) in [6, 6.07) is 4.77. The highest BCUT2D eigenvalue weighted by Gasteiger charge is 2.36. The van der Waals surface area contributed by atoms with Gasteiger partial charge in [-0.1, -0.05) is 35.8 Å². The summed E-state index contributed by atoms with van der Waals surface area (Å²) in [7, 11) is 0. The molecule has 5 nitrogen and oxygen atoms in total. The second-order valence-corrected chi connectivity index (χ2v) is 5.36. The molecule has 0 aliphatic rings. The lowest BCUT2D eigenvalue weighted by Crippen LogP contribution is -2.36. The minimum Gasteiger partial charge on any atom is -0.367 e. The number of nitro groups is 1. The van der Waals surface area contributed by atoms with Gasteiger partial charge in [-0.25, -0.2) is 0 Å². The number of nitrogens with zero attached hydrogens (tertiary/aromatic N) is 1. The summed E-state index contributed by atoms with van der Waals surface area (Å²) in [5.74, 6) is 0. The van der Waals surface area contributed by atoms with Gasteiger partial charge in [0.05, 0.1) is 4.92 Å². The number of hydrogen-bond acceptors (Lipinski definition) is 4. The molecule has 1 aromatic rings. The normalized spacial score (nSPS) is 13.4. The molecule has 0 saturated carbocycles. The molecule has 0 bridgehead atoms. The Morgan fingerprint density at radius 3 is 2.67 bits per heavy atom. The van der Waals surface area contributed by atoms with Gasteiger partial charge in [0.1, 0.15) is 0 Å². The van der Waals surface area contributed by atoms with Gasteiger partial charge in [0.25, 0.3) is 5.69 Å². The molecule has 1 atom stereocenters. The molecule has 100 valence electrons. The molecular formula is C12H16BrNO4. The van der Waals surface area contributed by atoms with Crippen molar-refractivity contribution in [3.63, 3.8) is 0 Å². The van der Waals surface area contributed by atoms with Crippen molar-refractivity contribution in [2.75, 3.05) is 6.61 Å². The Balaban J connectivity index is 3.26. The Bertz CT molecular complexity index is 448. The van der Waals surface area contributed by atoms with Gasteiger partial charge in [0.15, 0.2) is 6.29 Å². The fraction of sp³-hybridized carbons (Fsp3) is 0.500. The summed E-state index contributed by atoms with van der Waals surface area (Å²) in [4.78, 5) is 10.6. The van der Waals surface area contributed by atoms with E-state index in [0.29, 0.717) is 16.6 Å². The standard InChI is InChI=1S/C12H16BrNO4/c1-4-18-11(15)12(2,3)9-6-5-8(13)7-10(9)14(16)17/h5-7,11,15H,4H2,1-3H3. The van der Waals surface area contributed by atoms with Crippen LogP contribution < -0.4 is 0 Å². The largest absolute Gasteiger partial charge is 0.367 e. The quantitative estimate of drug-likeness (QED) is 0.514. The molecule has 0 aliphatic heterocycles. The van der Waals surface area contributed by atoms with Gasteiger partial charge in [-0.3, -0.25) is 10.1 Å². The van der Waals surface area contributed by atoms with Crippen molar-refractivity contribution in [3.8, 4) is 0 Å². The first-order chi connectivity index (χ1) is 8.30. The summed E-state index contributed by atoms with van der Waals surface area (Å²) in [5.41, 5.74) is -0.455. The number of halogens is 1. The number of hydrogen-bond donors (Lipinski definition) is 1. The average molecular weight is 318 g/mol. The Kier molecular flexibility index (Phi) is 4.84. The molecule has 0 aromatic heterocycles. The zero-order chi connectivity index (χ0) is 13.9. The molecular weight excluding hydrogens is 302 g/mol. The second-order valence-electron chi connectivity index (χ2n) is 4.45. The Hall–Kier alpha value is -0.980. The third kappa shape index (κ3) is 3.07. The lowest BCUT2D eigenvalue weighted by atomic mass is 9.83. The third-order valence-corrected chi connectivity index (χ3v) is 3.29. The molecule has 18 heavy (non-hydrogen) atoms. The Labute approximate surface area is 114 Å². The van der Waals surface area contributed by atoms with Crippen molar-refractivity contribution in [1.29, 1.82) is 0 Å². The molecule has 1 N–H and O–H groups in total. The van der Waals surface area contributed by atoms with Crippen molar-refractivity contribution in [2.24, 2.45) is 0 Å². The first-order valence-corrected chi connectivity index (χ1v) is 6.34. The SMILES string of the molecule is CCOC(O)C(C)(C)c1ccc(Br)cc1[N+](=O)[O-]. The van der Waals surface area contributed by atoms with E-state index in [2.05, 4.69) is 15.9 Å². The topological polar surface area (TPSA) is 72.6 Å². The number of benzene rings is 1. The van der Waals surface area contributed by atoms with Crippen LogP contribution in [0.4, 0.5) is 5.69 Å². The average Bonchev–Trinajstić information content (AvgIpc) is 2.28. The molecule has 0 radical (unpaired) electrons. The molecule has 0 spiro atoms. The molecule has 0 fully saturated rings. The third-order valence-electron chi connectivity index (χ3n) is 2.79. The summed E-state index contributed by atoms with van der Waals surface area (Å²) in [6.07, 6.45) is -1.10. The maximum absolute atomic E-state index is 11.1. The predicted molar refractivity (Wildman–Crippen MR) is 71.5 cm³/mol. The molecule has 6 heteroatoms. The molecule has 0 amide bonds. The lowest BCUT2D eigenvalue weighted by Gasteiger charge is -2.30. The van der Waals surface area contributed by atoms with Crippen LogP contribution in [0.25, 0.3) is 0 Å². The van der Waals surface area contributed by atoms with Gasteiger partial charge >= 0.3 is 0 Å². The molecule has 0 aliphatic carbocycles. The molecule has 1 rings (SSSR count). The highest BCUT2D eigenvalue weighted by molar-refractivity contribution is 9.10. The van der Waals surface area contributed by atoms with E-state index in [-0.39, 0.29) is 5.69 Å². The van der Waals surface area contributed by atoms with Crippen molar-refractivity contribution < 1.29 is 14.8 Å². The van der Waals surface area contributed by atoms with E-state index >= 15 is 0 Å². The molecule has 0 heterocycles. The molecule has 1 aromatic carbocycles. The van der Waals surface area contributed by atoms with Crippen LogP contribution in [0.15, 0.2) is 22.7 Å². The maximum Gasteiger partial charge on any atom is 0.274 e. The first-order valence-electron chi connectivity index (χ1n) is 5.54. The van der Waals surface area contributed by atoms with Crippen LogP contribution in [0, 0.1) is 10.1 Å². The number of rotatable bonds is 5. The number of aliphatic hydroxyl groups is 1. The fourth-order valence-electron chi connectivity index (χ4n) is 1.70. The zero-order valence-corrected chi connectivity index (χ0v) is 12.1. The van der Waals surface area contributed by atoms with Gasteiger partial charge in [-0.05, 0) is 13.0 Å². The monoisotopic (exact) mass is 317 g/mol. The van der Waals surface area contributed by atoms with E-state index in [4.69, 9.17) is 4.74 Å². The van der Waals surface area contributed by atoms with Crippen LogP contribution >= 0.6 is 15.9 Å². The highest BCUT2D eigenvalue weighted by Crippen LogP contribution is 2.36. The molecule has 1 unspecified atom stereocenters. The van der Waals surface area contributed by atoms with E-state index in [1.54, 1.807) is 32.9 Å². The lowest BCUT2D eigenvalue weighted by molar-refractivity contribution is -0.386. The van der Waals surface area contributed by atoms with Crippen LogP contribution in [-0.2, 0) is 10.2 Å². The van der Waals surface area contributed by atoms with E-state index in [1.807, 2.05) is 0 Å². The van der Waals surface area contributed by atoms with Gasteiger partial charge in [-0.2, -0.15) is 0 Å². The maximum atomic E-state index is 11.1. The van der Waals surface area contributed by atoms with Crippen LogP contribution in [0.1, 0.15) is 26.3 Å². The van der Waals surface area contributed by atoms with Gasteiger partial charge in [0, 0.05) is 28.1 Å². The zero-order valence-electron chi connectivity index (χ0n) is 10.5. The summed E-state index contributed by atoms with van der Waals surface area (Å²) >= 11 is 3.20. The van der Waals surface area contributed by atoms with E-state index in [9.17, 15) is 15.2 Å². The molecule has 0 saturated heterocycles. The fourth-order valence-corrected chi connectivity index (χ4v) is 2.05. The first kappa shape index (κ1) is 15.1. The van der Waals surface area contributed by atoms with Crippen molar-refractivity contribution in [3.05, 3.63) is 38.3 Å². The second kappa shape index (κ2) is 5.77. The summed E-state index contributed by atoms with van der Waals surface area (Å²) < 4.78 is 5.77. The highest BCUT2D eigenvalue weighted by atomic mass is 79.9. The summed E-state index contributed by atoms with van der Waals surface area (Å²) in [6.45, 7) is 5.53. The van der Waals surface area contributed by atoms with Crippen LogP contribution in [-0.4, -0.2) is 22.9 Å². The smallest absolute Gasteiger partial charge is 0.274 e. The predicted octanol–water partition coefficient (Wildman–Crippen LogP) is 2.99. The van der Waals surface area contributed by atoms with Gasteiger partial charge < -0.3 is 9.84 Å². The minimum atomic E-state index is -1.10. The van der Waals surface area contributed by atoms with Gasteiger partial charge in [0.2, 0.25) is 0 Å². The summed E-state index contributed by atoms with van der Waals surface area (Å²) in [5, 5.41) is 21.0. The number of ether oxygens (including phenoxy) is 1. The van der Waals surface area contributed by atoms with Crippen molar-refractivity contribution in [2.45, 2.75) is 32.5 Å². The Morgan fingerprint density at radius 1 is 1.56 bits per heavy atom. The van der Waals surface area contributed by atoms with E-state index < -0.39 is 16.6 Å². The Morgan fingerprint density at radius 2 is 2.17 bits per heavy atom. The van der Waals surface area contributed by atoms with Crippen LogP contribution in [0.3, 0.4) is 0 Å². The van der Waals surface area contributed by atoms with Crippen molar-refractivity contribution in [1.82, 2.24) is 0 Å². The minimum absolute atomic E-state index is 0.0341. The van der Waals surface area contributed by atoms with Crippen molar-refractivity contribution >= 4 is 21.6 Å². The number of nitro benzene ring substituents is 1. The number of aliphatic hydroxyl groups excluding tert-OH is 1.